The number of nitrogens with zero attached hydrogens (tertiary/aromatic N) is 4. The topological polar surface area (TPSA) is 60.7 Å². The average molecular weight is 320 g/mol. The summed E-state index contributed by atoms with van der Waals surface area (Å²) in [6.45, 7) is 8.06. The van der Waals surface area contributed by atoms with E-state index in [1.807, 2.05) is 64.1 Å². The molecule has 0 saturated heterocycles. The second-order valence-electron chi connectivity index (χ2n) is 6.21. The van der Waals surface area contributed by atoms with Gasteiger partial charge in [-0.25, -0.2) is 0 Å². The molecule has 0 amide bonds. The van der Waals surface area contributed by atoms with Crippen LogP contribution >= 0.6 is 0 Å². The Kier molecular flexibility index (Phi) is 4.25. The standard InChI is InChI=1S/C19H20N4O/c1-12-5-7-16(8-6-12)19-20-22-23(21-19)11-17(24)18-14(3)9-13(2)10-15(18)4/h5-10H,11H2,1-4H3. The van der Waals surface area contributed by atoms with Gasteiger partial charge < -0.3 is 0 Å². The van der Waals surface area contributed by atoms with Crippen LogP contribution in [0.4, 0.5) is 0 Å². The minimum absolute atomic E-state index is 0.00199. The first-order valence-electron chi connectivity index (χ1n) is 7.90. The summed E-state index contributed by atoms with van der Waals surface area (Å²) in [5, 5.41) is 12.4. The van der Waals surface area contributed by atoms with Gasteiger partial charge in [0.05, 0.1) is 0 Å². The fraction of sp³-hybridized carbons (Fsp3) is 0.263. The molecule has 5 heteroatoms. The zero-order valence-electron chi connectivity index (χ0n) is 14.4. The summed E-state index contributed by atoms with van der Waals surface area (Å²) in [4.78, 5) is 14.0. The molecule has 0 spiro atoms. The van der Waals surface area contributed by atoms with E-state index in [0.717, 1.165) is 27.8 Å². The third kappa shape index (κ3) is 3.25. The molecule has 2 aromatic carbocycles. The fourth-order valence-corrected chi connectivity index (χ4v) is 2.96. The van der Waals surface area contributed by atoms with Crippen LogP contribution in [0.3, 0.4) is 0 Å². The number of rotatable bonds is 4. The monoisotopic (exact) mass is 320 g/mol. The van der Waals surface area contributed by atoms with Crippen molar-refractivity contribution >= 4 is 5.78 Å². The van der Waals surface area contributed by atoms with Crippen molar-refractivity contribution in [1.29, 1.82) is 0 Å². The molecule has 1 heterocycles. The van der Waals surface area contributed by atoms with Crippen LogP contribution in [-0.2, 0) is 6.54 Å². The molecule has 5 nitrogen and oxygen atoms in total. The Bertz CT molecular complexity index is 871. The second-order valence-corrected chi connectivity index (χ2v) is 6.21. The Morgan fingerprint density at radius 3 is 2.21 bits per heavy atom. The summed E-state index contributed by atoms with van der Waals surface area (Å²) in [5.74, 6) is 0.526. The molecular weight excluding hydrogens is 300 g/mol. The van der Waals surface area contributed by atoms with Gasteiger partial charge in [-0.05, 0) is 44.0 Å². The molecule has 0 atom stereocenters. The molecule has 0 unspecified atom stereocenters. The van der Waals surface area contributed by atoms with Crippen LogP contribution in [0, 0.1) is 27.7 Å². The van der Waals surface area contributed by atoms with E-state index in [-0.39, 0.29) is 12.3 Å². The van der Waals surface area contributed by atoms with Crippen molar-refractivity contribution in [3.63, 3.8) is 0 Å². The lowest BCUT2D eigenvalue weighted by molar-refractivity contribution is 0.0960. The number of aromatic nitrogens is 4. The highest BCUT2D eigenvalue weighted by molar-refractivity contribution is 5.98. The van der Waals surface area contributed by atoms with Gasteiger partial charge in [-0.1, -0.05) is 47.5 Å². The van der Waals surface area contributed by atoms with E-state index in [0.29, 0.717) is 5.82 Å². The maximum atomic E-state index is 12.6. The van der Waals surface area contributed by atoms with Crippen molar-refractivity contribution in [2.75, 3.05) is 0 Å². The van der Waals surface area contributed by atoms with Gasteiger partial charge in [0.2, 0.25) is 5.82 Å². The number of ketones is 1. The largest absolute Gasteiger partial charge is 0.292 e. The highest BCUT2D eigenvalue weighted by Gasteiger charge is 2.15. The maximum Gasteiger partial charge on any atom is 0.204 e. The number of benzene rings is 2. The maximum absolute atomic E-state index is 12.6. The first-order chi connectivity index (χ1) is 11.4. The third-order valence-corrected chi connectivity index (χ3v) is 4.00. The van der Waals surface area contributed by atoms with Crippen LogP contribution in [0.1, 0.15) is 32.6 Å². The molecule has 0 aliphatic rings. The highest BCUT2D eigenvalue weighted by atomic mass is 16.1. The molecule has 122 valence electrons. The number of hydrogen-bond donors (Lipinski definition) is 0. The zero-order valence-corrected chi connectivity index (χ0v) is 14.4. The molecule has 0 N–H and O–H groups in total. The highest BCUT2D eigenvalue weighted by Crippen LogP contribution is 2.18. The van der Waals surface area contributed by atoms with Crippen molar-refractivity contribution in [1.82, 2.24) is 20.2 Å². The lowest BCUT2D eigenvalue weighted by atomic mass is 9.97. The molecule has 0 radical (unpaired) electrons. The summed E-state index contributed by atoms with van der Waals surface area (Å²) in [6.07, 6.45) is 0. The van der Waals surface area contributed by atoms with Crippen molar-refractivity contribution in [2.45, 2.75) is 34.2 Å². The Hall–Kier alpha value is -2.82. The Morgan fingerprint density at radius 1 is 0.958 bits per heavy atom. The molecule has 1 aromatic heterocycles. The smallest absolute Gasteiger partial charge is 0.204 e. The molecule has 3 aromatic rings. The molecular formula is C19H20N4O. The van der Waals surface area contributed by atoms with Crippen LogP contribution in [0.5, 0.6) is 0 Å². The number of carbonyl (C=O) groups excluding carboxylic acids is 1. The van der Waals surface area contributed by atoms with E-state index in [9.17, 15) is 4.79 Å². The summed E-state index contributed by atoms with van der Waals surface area (Å²) in [6, 6.07) is 11.9. The molecule has 0 aliphatic carbocycles. The van der Waals surface area contributed by atoms with Crippen LogP contribution in [0.2, 0.25) is 0 Å². The molecule has 3 rings (SSSR count). The van der Waals surface area contributed by atoms with E-state index in [1.165, 1.54) is 10.4 Å². The van der Waals surface area contributed by atoms with E-state index >= 15 is 0 Å². The first-order valence-corrected chi connectivity index (χ1v) is 7.90. The second kappa shape index (κ2) is 6.35. The van der Waals surface area contributed by atoms with Crippen molar-refractivity contribution < 1.29 is 4.79 Å². The minimum Gasteiger partial charge on any atom is -0.292 e. The van der Waals surface area contributed by atoms with E-state index in [2.05, 4.69) is 15.4 Å². The van der Waals surface area contributed by atoms with Crippen LogP contribution < -0.4 is 0 Å². The molecule has 0 bridgehead atoms. The van der Waals surface area contributed by atoms with Gasteiger partial charge in [0.15, 0.2) is 5.78 Å². The predicted molar refractivity (Wildman–Crippen MR) is 93.0 cm³/mol. The van der Waals surface area contributed by atoms with E-state index < -0.39 is 0 Å². The number of carbonyl (C=O) groups is 1. The number of hydrogen-bond acceptors (Lipinski definition) is 4. The molecule has 24 heavy (non-hydrogen) atoms. The van der Waals surface area contributed by atoms with E-state index in [4.69, 9.17) is 0 Å². The zero-order chi connectivity index (χ0) is 17.3. The summed E-state index contributed by atoms with van der Waals surface area (Å²) < 4.78 is 0. The number of Topliss-reactive ketones (excluding diaryl/α,β-unsaturated/α-hetero) is 1. The predicted octanol–water partition coefficient (Wildman–Crippen LogP) is 3.46. The first kappa shape index (κ1) is 16.1. The van der Waals surface area contributed by atoms with Crippen LogP contribution in [0.15, 0.2) is 36.4 Å². The van der Waals surface area contributed by atoms with Crippen molar-refractivity contribution in [2.24, 2.45) is 0 Å². The Morgan fingerprint density at radius 2 is 1.58 bits per heavy atom. The van der Waals surface area contributed by atoms with Gasteiger partial charge in [0, 0.05) is 11.1 Å². The Balaban J connectivity index is 1.82. The average Bonchev–Trinajstić information content (AvgIpc) is 2.95. The van der Waals surface area contributed by atoms with Crippen LogP contribution in [0.25, 0.3) is 11.4 Å². The van der Waals surface area contributed by atoms with Crippen molar-refractivity contribution in [3.05, 3.63) is 64.2 Å². The minimum atomic E-state index is -0.00199. The molecule has 0 fully saturated rings. The van der Waals surface area contributed by atoms with E-state index in [1.54, 1.807) is 0 Å². The quantitative estimate of drug-likeness (QED) is 0.691. The van der Waals surface area contributed by atoms with Gasteiger partial charge in [-0.2, -0.15) is 4.80 Å². The summed E-state index contributed by atoms with van der Waals surface area (Å²) >= 11 is 0. The normalized spacial score (nSPS) is 10.8. The SMILES string of the molecule is Cc1ccc(-c2nnn(CC(=O)c3c(C)cc(C)cc3C)n2)cc1. The van der Waals surface area contributed by atoms with Gasteiger partial charge in [-0.15, -0.1) is 10.2 Å². The van der Waals surface area contributed by atoms with Crippen LogP contribution in [-0.4, -0.2) is 26.0 Å². The summed E-state index contributed by atoms with van der Waals surface area (Å²) in [5.41, 5.74) is 5.93. The molecule has 0 aliphatic heterocycles. The van der Waals surface area contributed by atoms with Gasteiger partial charge >= 0.3 is 0 Å². The lowest BCUT2D eigenvalue weighted by Gasteiger charge is -2.09. The number of tetrazole rings is 1. The molecule has 0 saturated carbocycles. The Labute approximate surface area is 141 Å². The van der Waals surface area contributed by atoms with Gasteiger partial charge in [-0.3, -0.25) is 4.79 Å². The van der Waals surface area contributed by atoms with Crippen molar-refractivity contribution in [3.8, 4) is 11.4 Å². The summed E-state index contributed by atoms with van der Waals surface area (Å²) in [7, 11) is 0. The van der Waals surface area contributed by atoms with Gasteiger partial charge in [0.25, 0.3) is 0 Å². The van der Waals surface area contributed by atoms with Gasteiger partial charge in [0.1, 0.15) is 6.54 Å². The number of aryl methyl sites for hydroxylation is 4. The third-order valence-electron chi connectivity index (χ3n) is 4.00. The lowest BCUT2D eigenvalue weighted by Crippen LogP contribution is -2.15. The fourth-order valence-electron chi connectivity index (χ4n) is 2.96.